The van der Waals surface area contributed by atoms with Gasteiger partial charge in [-0.2, -0.15) is 0 Å². The van der Waals surface area contributed by atoms with Gasteiger partial charge in [0.15, 0.2) is 0 Å². The van der Waals surface area contributed by atoms with Gasteiger partial charge in [-0.25, -0.2) is 9.97 Å². The number of rotatable bonds is 2. The first-order valence-electron chi connectivity index (χ1n) is 4.55. The van der Waals surface area contributed by atoms with Crippen LogP contribution in [0.5, 0.6) is 0 Å². The predicted octanol–water partition coefficient (Wildman–Crippen LogP) is 2.52. The van der Waals surface area contributed by atoms with Crippen molar-refractivity contribution in [2.24, 2.45) is 0 Å². The summed E-state index contributed by atoms with van der Waals surface area (Å²) < 4.78 is 0. The third kappa shape index (κ3) is 2.70. The fourth-order valence-corrected chi connectivity index (χ4v) is 2.21. The molecule has 0 aliphatic carbocycles. The molecule has 0 spiro atoms. The van der Waals surface area contributed by atoms with E-state index in [0.29, 0.717) is 0 Å². The van der Waals surface area contributed by atoms with Crippen molar-refractivity contribution in [3.8, 4) is 0 Å². The maximum Gasteiger partial charge on any atom is 0.116 e. The van der Waals surface area contributed by atoms with E-state index in [1.807, 2.05) is 25.1 Å². The molecule has 0 unspecified atom stereocenters. The maximum absolute atomic E-state index is 5.77. The summed E-state index contributed by atoms with van der Waals surface area (Å²) in [5.41, 5.74) is 7.71. The van der Waals surface area contributed by atoms with Crippen LogP contribution in [0.4, 0.5) is 5.69 Å². The minimum absolute atomic E-state index is 0.784. The monoisotopic (exact) mass is 217 g/mol. The van der Waals surface area contributed by atoms with Crippen LogP contribution in [0.15, 0.2) is 46.7 Å². The fourth-order valence-electron chi connectivity index (χ4n) is 1.30. The summed E-state index contributed by atoms with van der Waals surface area (Å²) in [6.07, 6.45) is 3.27. The Morgan fingerprint density at radius 2 is 2.13 bits per heavy atom. The molecule has 1 aromatic heterocycles. The topological polar surface area (TPSA) is 51.8 Å². The van der Waals surface area contributed by atoms with Crippen LogP contribution in [-0.2, 0) is 0 Å². The summed E-state index contributed by atoms with van der Waals surface area (Å²) >= 11 is 1.58. The minimum Gasteiger partial charge on any atom is -0.399 e. The van der Waals surface area contributed by atoms with Crippen LogP contribution in [0.25, 0.3) is 0 Å². The van der Waals surface area contributed by atoms with Gasteiger partial charge in [-0.1, -0.05) is 11.8 Å². The van der Waals surface area contributed by atoms with Crippen molar-refractivity contribution in [3.63, 3.8) is 0 Å². The lowest BCUT2D eigenvalue weighted by atomic mass is 10.2. The van der Waals surface area contributed by atoms with Gasteiger partial charge in [0.25, 0.3) is 0 Å². The van der Waals surface area contributed by atoms with E-state index >= 15 is 0 Å². The molecule has 2 rings (SSSR count). The highest BCUT2D eigenvalue weighted by atomic mass is 32.2. The highest BCUT2D eigenvalue weighted by Crippen LogP contribution is 2.27. The van der Waals surface area contributed by atoms with Crippen LogP contribution in [-0.4, -0.2) is 9.97 Å². The third-order valence-corrected chi connectivity index (χ3v) is 2.77. The van der Waals surface area contributed by atoms with E-state index in [4.69, 9.17) is 5.73 Å². The summed E-state index contributed by atoms with van der Waals surface area (Å²) in [4.78, 5) is 9.12. The van der Waals surface area contributed by atoms with Crippen molar-refractivity contribution in [2.45, 2.75) is 16.8 Å². The van der Waals surface area contributed by atoms with Crippen molar-refractivity contribution in [3.05, 3.63) is 42.4 Å². The number of hydrogen-bond acceptors (Lipinski definition) is 4. The summed E-state index contributed by atoms with van der Waals surface area (Å²) in [6.45, 7) is 2.03. The molecule has 0 fully saturated rings. The quantitative estimate of drug-likeness (QED) is 0.620. The molecule has 0 amide bonds. The van der Waals surface area contributed by atoms with E-state index in [1.54, 1.807) is 24.3 Å². The number of benzene rings is 1. The van der Waals surface area contributed by atoms with E-state index in [-0.39, 0.29) is 0 Å². The lowest BCUT2D eigenvalue weighted by Crippen LogP contribution is -1.87. The lowest BCUT2D eigenvalue weighted by Gasteiger charge is -2.03. The molecule has 0 bridgehead atoms. The number of anilines is 1. The van der Waals surface area contributed by atoms with Gasteiger partial charge in [0.05, 0.1) is 0 Å². The van der Waals surface area contributed by atoms with Gasteiger partial charge in [0.1, 0.15) is 11.4 Å². The van der Waals surface area contributed by atoms with Crippen molar-refractivity contribution in [1.82, 2.24) is 9.97 Å². The van der Waals surface area contributed by atoms with E-state index < -0.39 is 0 Å². The molecule has 1 heterocycles. The smallest absolute Gasteiger partial charge is 0.116 e. The Hall–Kier alpha value is -1.55. The molecule has 0 aliphatic heterocycles. The van der Waals surface area contributed by atoms with Crippen LogP contribution in [0.3, 0.4) is 0 Å². The van der Waals surface area contributed by atoms with E-state index in [2.05, 4.69) is 16.0 Å². The van der Waals surface area contributed by atoms with Gasteiger partial charge in [0.2, 0.25) is 0 Å². The second-order valence-corrected chi connectivity index (χ2v) is 4.32. The summed E-state index contributed by atoms with van der Waals surface area (Å²) in [6, 6.07) is 7.86. The van der Waals surface area contributed by atoms with Crippen molar-refractivity contribution < 1.29 is 0 Å². The normalized spacial score (nSPS) is 10.2. The molecule has 2 aromatic rings. The predicted molar refractivity (Wildman–Crippen MR) is 61.7 cm³/mol. The second kappa shape index (κ2) is 4.31. The van der Waals surface area contributed by atoms with Gasteiger partial charge in [-0.3, -0.25) is 0 Å². The first kappa shape index (κ1) is 9.98. The second-order valence-electron chi connectivity index (χ2n) is 3.23. The molecule has 3 nitrogen and oxygen atoms in total. The average molecular weight is 217 g/mol. The van der Waals surface area contributed by atoms with Crippen LogP contribution in [0.1, 0.15) is 5.56 Å². The third-order valence-electron chi connectivity index (χ3n) is 1.85. The van der Waals surface area contributed by atoms with Gasteiger partial charge < -0.3 is 5.73 Å². The highest BCUT2D eigenvalue weighted by Gasteiger charge is 1.99. The molecular weight excluding hydrogens is 206 g/mol. The number of hydrogen-bond donors (Lipinski definition) is 1. The summed E-state index contributed by atoms with van der Waals surface area (Å²) in [5.74, 6) is 0. The summed E-state index contributed by atoms with van der Waals surface area (Å²) in [7, 11) is 0. The zero-order valence-electron chi connectivity index (χ0n) is 8.34. The first-order chi connectivity index (χ1) is 7.24. The molecule has 4 heteroatoms. The van der Waals surface area contributed by atoms with Gasteiger partial charge >= 0.3 is 0 Å². The zero-order valence-corrected chi connectivity index (χ0v) is 9.16. The van der Waals surface area contributed by atoms with E-state index in [9.17, 15) is 0 Å². The van der Waals surface area contributed by atoms with Crippen molar-refractivity contribution in [1.29, 1.82) is 0 Å². The molecule has 0 saturated carbocycles. The molecule has 2 N–H and O–H groups in total. The summed E-state index contributed by atoms with van der Waals surface area (Å²) in [5, 5.41) is 0.926. The molecule has 0 aliphatic rings. The van der Waals surface area contributed by atoms with Crippen LogP contribution in [0.2, 0.25) is 0 Å². The Kier molecular flexibility index (Phi) is 2.87. The number of aryl methyl sites for hydroxylation is 1. The number of nitrogens with two attached hydrogens (primary N) is 1. The molecule has 1 aromatic carbocycles. The Labute approximate surface area is 92.8 Å². The van der Waals surface area contributed by atoms with Crippen LogP contribution < -0.4 is 5.73 Å². The van der Waals surface area contributed by atoms with E-state index in [1.165, 1.54) is 0 Å². The zero-order chi connectivity index (χ0) is 10.7. The number of nitrogens with zero attached hydrogens (tertiary/aromatic N) is 2. The number of aromatic nitrogens is 2. The highest BCUT2D eigenvalue weighted by molar-refractivity contribution is 7.99. The van der Waals surface area contributed by atoms with Gasteiger partial charge in [-0.15, -0.1) is 0 Å². The molecular formula is C11H11N3S. The lowest BCUT2D eigenvalue weighted by molar-refractivity contribution is 1.05. The standard InChI is InChI=1S/C11H11N3S/c1-8-4-9(12)6-10(5-8)15-11-2-3-13-7-14-11/h2-7H,12H2,1H3. The maximum atomic E-state index is 5.77. The van der Waals surface area contributed by atoms with Gasteiger partial charge in [-0.05, 0) is 36.8 Å². The first-order valence-corrected chi connectivity index (χ1v) is 5.37. The van der Waals surface area contributed by atoms with Gasteiger partial charge in [0, 0.05) is 16.8 Å². The van der Waals surface area contributed by atoms with Crippen molar-refractivity contribution in [2.75, 3.05) is 5.73 Å². The molecule has 0 saturated heterocycles. The Bertz CT molecular complexity index is 436. The fraction of sp³-hybridized carbons (Fsp3) is 0.0909. The largest absolute Gasteiger partial charge is 0.399 e. The minimum atomic E-state index is 0.784. The van der Waals surface area contributed by atoms with Crippen molar-refractivity contribution >= 4 is 17.4 Å². The van der Waals surface area contributed by atoms with Crippen LogP contribution in [0, 0.1) is 6.92 Å². The number of nitrogen functional groups attached to an aromatic ring is 1. The van der Waals surface area contributed by atoms with Crippen LogP contribution >= 0.6 is 11.8 Å². The molecule has 0 radical (unpaired) electrons. The molecule has 15 heavy (non-hydrogen) atoms. The molecule has 0 atom stereocenters. The van der Waals surface area contributed by atoms with E-state index in [0.717, 1.165) is 21.2 Å². The Morgan fingerprint density at radius 3 is 2.80 bits per heavy atom. The average Bonchev–Trinajstić information content (AvgIpc) is 2.17. The SMILES string of the molecule is Cc1cc(N)cc(Sc2ccncn2)c1. The molecule has 76 valence electrons. The Morgan fingerprint density at radius 1 is 1.27 bits per heavy atom. The Balaban J connectivity index is 2.25.